The molecule has 18 heavy (non-hydrogen) atoms. The monoisotopic (exact) mass is 238 g/mol. The summed E-state index contributed by atoms with van der Waals surface area (Å²) in [6, 6.07) is 17.5. The number of methoxy groups -OCH3 is 1. The summed E-state index contributed by atoms with van der Waals surface area (Å²) in [5.74, 6) is 0.833. The summed E-state index contributed by atoms with van der Waals surface area (Å²) in [5, 5.41) is 7.99. The molecule has 0 N–H and O–H groups in total. The molecule has 0 aliphatic rings. The van der Waals surface area contributed by atoms with Crippen LogP contribution < -0.4 is 4.74 Å². The minimum atomic E-state index is 0.833. The van der Waals surface area contributed by atoms with Gasteiger partial charge in [0.05, 0.1) is 19.5 Å². The lowest BCUT2D eigenvalue weighted by Crippen LogP contribution is -1.84. The molecule has 0 unspecified atom stereocenters. The van der Waals surface area contributed by atoms with Gasteiger partial charge in [0.2, 0.25) is 0 Å². The zero-order valence-corrected chi connectivity index (χ0v) is 10.2. The van der Waals surface area contributed by atoms with Crippen LogP contribution in [-0.2, 0) is 0 Å². The third kappa shape index (κ3) is 3.56. The minimum absolute atomic E-state index is 0.833. The number of hydrogen-bond acceptors (Lipinski definition) is 3. The van der Waals surface area contributed by atoms with Gasteiger partial charge in [-0.1, -0.05) is 30.3 Å². The molecule has 0 saturated carbocycles. The Bertz CT molecular complexity index is 530. The average Bonchev–Trinajstić information content (AvgIpc) is 2.45. The Morgan fingerprint density at radius 3 is 1.89 bits per heavy atom. The molecule has 2 rings (SSSR count). The van der Waals surface area contributed by atoms with E-state index in [0.29, 0.717) is 0 Å². The SMILES string of the molecule is COc1ccc(/C=N\N=C\c2ccccc2)cc1. The largest absolute Gasteiger partial charge is 0.497 e. The first-order valence-corrected chi connectivity index (χ1v) is 5.64. The first kappa shape index (κ1) is 12.0. The van der Waals surface area contributed by atoms with Gasteiger partial charge in [-0.05, 0) is 35.4 Å². The number of nitrogens with zero attached hydrogens (tertiary/aromatic N) is 2. The van der Waals surface area contributed by atoms with E-state index in [-0.39, 0.29) is 0 Å². The van der Waals surface area contributed by atoms with Crippen molar-refractivity contribution in [3.63, 3.8) is 0 Å². The molecule has 0 atom stereocenters. The lowest BCUT2D eigenvalue weighted by Gasteiger charge is -1.97. The van der Waals surface area contributed by atoms with E-state index in [1.807, 2.05) is 54.6 Å². The van der Waals surface area contributed by atoms with Crippen LogP contribution in [0.1, 0.15) is 11.1 Å². The molecule has 0 radical (unpaired) electrons. The standard InChI is InChI=1S/C15H14N2O/c1-18-15-9-7-14(8-10-15)12-17-16-11-13-5-3-2-4-6-13/h2-12H,1H3/b16-11+,17-12-. The average molecular weight is 238 g/mol. The highest BCUT2D eigenvalue weighted by molar-refractivity contribution is 5.82. The van der Waals surface area contributed by atoms with Crippen molar-refractivity contribution in [2.75, 3.05) is 7.11 Å². The van der Waals surface area contributed by atoms with Crippen LogP contribution in [-0.4, -0.2) is 19.5 Å². The fraction of sp³-hybridized carbons (Fsp3) is 0.0667. The van der Waals surface area contributed by atoms with Crippen LogP contribution in [0.25, 0.3) is 0 Å². The van der Waals surface area contributed by atoms with Gasteiger partial charge in [0.25, 0.3) is 0 Å². The van der Waals surface area contributed by atoms with Crippen molar-refractivity contribution in [2.24, 2.45) is 10.2 Å². The third-order valence-corrected chi connectivity index (χ3v) is 2.40. The normalized spacial score (nSPS) is 11.2. The Morgan fingerprint density at radius 2 is 1.33 bits per heavy atom. The molecule has 0 heterocycles. The van der Waals surface area contributed by atoms with Gasteiger partial charge in [0, 0.05) is 0 Å². The van der Waals surface area contributed by atoms with E-state index in [1.165, 1.54) is 0 Å². The van der Waals surface area contributed by atoms with Crippen molar-refractivity contribution in [3.05, 3.63) is 65.7 Å². The Morgan fingerprint density at radius 1 is 0.778 bits per heavy atom. The fourth-order valence-electron chi connectivity index (χ4n) is 1.43. The van der Waals surface area contributed by atoms with Crippen molar-refractivity contribution in [2.45, 2.75) is 0 Å². The van der Waals surface area contributed by atoms with Crippen LogP contribution in [0.4, 0.5) is 0 Å². The summed E-state index contributed by atoms with van der Waals surface area (Å²) in [4.78, 5) is 0. The Hall–Kier alpha value is -2.42. The van der Waals surface area contributed by atoms with E-state index >= 15 is 0 Å². The summed E-state index contributed by atoms with van der Waals surface area (Å²) in [5.41, 5.74) is 2.02. The van der Waals surface area contributed by atoms with E-state index in [9.17, 15) is 0 Å². The second-order valence-electron chi connectivity index (χ2n) is 3.67. The van der Waals surface area contributed by atoms with Crippen molar-refractivity contribution in [1.29, 1.82) is 0 Å². The third-order valence-electron chi connectivity index (χ3n) is 2.40. The van der Waals surface area contributed by atoms with Crippen molar-refractivity contribution >= 4 is 12.4 Å². The van der Waals surface area contributed by atoms with Crippen molar-refractivity contribution in [3.8, 4) is 5.75 Å². The zero-order chi connectivity index (χ0) is 12.6. The maximum atomic E-state index is 5.08. The first-order chi connectivity index (χ1) is 8.88. The number of rotatable bonds is 4. The van der Waals surface area contributed by atoms with Crippen LogP contribution in [0.3, 0.4) is 0 Å². The Labute approximate surface area is 106 Å². The smallest absolute Gasteiger partial charge is 0.118 e. The summed E-state index contributed by atoms with van der Waals surface area (Å²) in [6.07, 6.45) is 3.43. The van der Waals surface area contributed by atoms with Crippen molar-refractivity contribution < 1.29 is 4.74 Å². The topological polar surface area (TPSA) is 34.0 Å². The quantitative estimate of drug-likeness (QED) is 0.595. The van der Waals surface area contributed by atoms with Crippen LogP contribution in [0.2, 0.25) is 0 Å². The van der Waals surface area contributed by atoms with E-state index < -0.39 is 0 Å². The summed E-state index contributed by atoms with van der Waals surface area (Å²) in [7, 11) is 1.65. The van der Waals surface area contributed by atoms with E-state index in [1.54, 1.807) is 19.5 Å². The molecular formula is C15H14N2O. The van der Waals surface area contributed by atoms with E-state index in [2.05, 4.69) is 10.2 Å². The summed E-state index contributed by atoms with van der Waals surface area (Å²) in [6.45, 7) is 0. The zero-order valence-electron chi connectivity index (χ0n) is 10.2. The Kier molecular flexibility index (Phi) is 4.25. The molecule has 3 heteroatoms. The van der Waals surface area contributed by atoms with Crippen LogP contribution in [0, 0.1) is 0 Å². The lowest BCUT2D eigenvalue weighted by molar-refractivity contribution is 0.415. The van der Waals surface area contributed by atoms with Gasteiger partial charge in [-0.25, -0.2) is 0 Å². The molecule has 2 aromatic carbocycles. The molecule has 0 aliphatic carbocycles. The maximum absolute atomic E-state index is 5.08. The van der Waals surface area contributed by atoms with Crippen molar-refractivity contribution in [1.82, 2.24) is 0 Å². The molecule has 90 valence electrons. The summed E-state index contributed by atoms with van der Waals surface area (Å²) >= 11 is 0. The highest BCUT2D eigenvalue weighted by Gasteiger charge is 1.89. The number of benzene rings is 2. The molecule has 3 nitrogen and oxygen atoms in total. The summed E-state index contributed by atoms with van der Waals surface area (Å²) < 4.78 is 5.08. The minimum Gasteiger partial charge on any atom is -0.497 e. The Balaban J connectivity index is 1.96. The van der Waals surface area contributed by atoms with Crippen LogP contribution in [0.15, 0.2) is 64.8 Å². The van der Waals surface area contributed by atoms with Crippen LogP contribution >= 0.6 is 0 Å². The van der Waals surface area contributed by atoms with Gasteiger partial charge in [0.15, 0.2) is 0 Å². The first-order valence-electron chi connectivity index (χ1n) is 5.64. The number of hydrogen-bond donors (Lipinski definition) is 0. The molecule has 0 aliphatic heterocycles. The van der Waals surface area contributed by atoms with Crippen LogP contribution in [0.5, 0.6) is 5.75 Å². The molecular weight excluding hydrogens is 224 g/mol. The molecule has 0 saturated heterocycles. The lowest BCUT2D eigenvalue weighted by atomic mass is 10.2. The van der Waals surface area contributed by atoms with Gasteiger partial charge in [-0.2, -0.15) is 10.2 Å². The molecule has 0 bridgehead atoms. The fourth-order valence-corrected chi connectivity index (χ4v) is 1.43. The predicted octanol–water partition coefficient (Wildman–Crippen LogP) is 3.15. The van der Waals surface area contributed by atoms with Gasteiger partial charge in [-0.3, -0.25) is 0 Å². The van der Waals surface area contributed by atoms with Gasteiger partial charge in [0.1, 0.15) is 5.75 Å². The highest BCUT2D eigenvalue weighted by Crippen LogP contribution is 2.09. The maximum Gasteiger partial charge on any atom is 0.118 e. The van der Waals surface area contributed by atoms with Gasteiger partial charge < -0.3 is 4.74 Å². The molecule has 0 spiro atoms. The molecule has 0 amide bonds. The second kappa shape index (κ2) is 6.35. The predicted molar refractivity (Wildman–Crippen MR) is 74.6 cm³/mol. The van der Waals surface area contributed by atoms with E-state index in [0.717, 1.165) is 16.9 Å². The highest BCUT2D eigenvalue weighted by atomic mass is 16.5. The molecule has 0 fully saturated rings. The van der Waals surface area contributed by atoms with Gasteiger partial charge in [-0.15, -0.1) is 0 Å². The second-order valence-corrected chi connectivity index (χ2v) is 3.67. The van der Waals surface area contributed by atoms with E-state index in [4.69, 9.17) is 4.74 Å². The number of ether oxygens (including phenoxy) is 1. The molecule has 2 aromatic rings. The molecule has 0 aromatic heterocycles. The van der Waals surface area contributed by atoms with Gasteiger partial charge >= 0.3 is 0 Å².